The third-order valence-electron chi connectivity index (χ3n) is 3.11. The van der Waals surface area contributed by atoms with Crippen LogP contribution in [0.5, 0.6) is 0 Å². The average molecular weight is 284 g/mol. The van der Waals surface area contributed by atoms with Crippen LogP contribution in [0, 0.1) is 0 Å². The number of nitrogens with two attached hydrogens (primary N) is 1. The van der Waals surface area contributed by atoms with Crippen molar-refractivity contribution >= 4 is 33.0 Å². The van der Waals surface area contributed by atoms with E-state index in [1.165, 1.54) is 24.3 Å². The monoisotopic (exact) mass is 284 g/mol. The minimum atomic E-state index is -0.139. The molecule has 0 aliphatic rings. The van der Waals surface area contributed by atoms with Crippen molar-refractivity contribution in [2.75, 3.05) is 5.73 Å². The van der Waals surface area contributed by atoms with Crippen molar-refractivity contribution in [3.05, 3.63) is 57.7 Å². The van der Waals surface area contributed by atoms with Crippen LogP contribution < -0.4 is 11.3 Å². The molecule has 0 saturated heterocycles. The summed E-state index contributed by atoms with van der Waals surface area (Å²) in [5.41, 5.74) is 7.08. The number of carbonyl (C=O) groups is 1. The molecule has 0 aliphatic carbocycles. The molecule has 2 heterocycles. The predicted molar refractivity (Wildman–Crippen MR) is 81.8 cm³/mol. The zero-order valence-electron chi connectivity index (χ0n) is 10.8. The Morgan fingerprint density at radius 3 is 2.50 bits per heavy atom. The topological polar surface area (TPSA) is 65.1 Å². The van der Waals surface area contributed by atoms with Crippen LogP contribution in [-0.2, 0) is 0 Å². The second-order valence-electron chi connectivity index (χ2n) is 4.46. The van der Waals surface area contributed by atoms with Gasteiger partial charge in [0.25, 0.3) is 5.56 Å². The van der Waals surface area contributed by atoms with E-state index in [4.69, 9.17) is 5.73 Å². The summed E-state index contributed by atoms with van der Waals surface area (Å²) in [4.78, 5) is 25.0. The quantitative estimate of drug-likeness (QED) is 0.736. The zero-order chi connectivity index (χ0) is 14.3. The number of hydrogen-bond acceptors (Lipinski definition) is 4. The van der Waals surface area contributed by atoms with Crippen molar-refractivity contribution in [2.45, 2.75) is 6.92 Å². The summed E-state index contributed by atoms with van der Waals surface area (Å²) in [7, 11) is 0. The summed E-state index contributed by atoms with van der Waals surface area (Å²) in [6, 6.07) is 12.5. The van der Waals surface area contributed by atoms with Gasteiger partial charge < -0.3 is 5.73 Å². The third-order valence-corrected chi connectivity index (χ3v) is 4.42. The summed E-state index contributed by atoms with van der Waals surface area (Å²) >= 11 is 1.26. The van der Waals surface area contributed by atoms with Crippen molar-refractivity contribution in [3.63, 3.8) is 0 Å². The largest absolute Gasteiger partial charge is 0.397 e. The van der Waals surface area contributed by atoms with E-state index < -0.39 is 0 Å². The van der Waals surface area contributed by atoms with Crippen molar-refractivity contribution < 1.29 is 4.79 Å². The van der Waals surface area contributed by atoms with Gasteiger partial charge in [-0.1, -0.05) is 18.2 Å². The van der Waals surface area contributed by atoms with Crippen LogP contribution in [0.3, 0.4) is 0 Å². The number of para-hydroxylation sites is 1. The van der Waals surface area contributed by atoms with Crippen LogP contribution in [0.4, 0.5) is 5.69 Å². The minimum absolute atomic E-state index is 0.0873. The van der Waals surface area contributed by atoms with Gasteiger partial charge in [-0.2, -0.15) is 0 Å². The maximum absolute atomic E-state index is 12.2. The van der Waals surface area contributed by atoms with Crippen LogP contribution in [0.25, 0.3) is 15.9 Å². The summed E-state index contributed by atoms with van der Waals surface area (Å²) in [6.07, 6.45) is 0. The Bertz CT molecular complexity index is 863. The molecular weight excluding hydrogens is 272 g/mol. The Kier molecular flexibility index (Phi) is 2.91. The molecule has 0 unspecified atom stereocenters. The van der Waals surface area contributed by atoms with Crippen LogP contribution >= 0.6 is 11.3 Å². The molecule has 0 amide bonds. The summed E-state index contributed by atoms with van der Waals surface area (Å²) in [5, 5.41) is 0.739. The number of anilines is 1. The van der Waals surface area contributed by atoms with Gasteiger partial charge in [-0.15, -0.1) is 11.3 Å². The molecule has 100 valence electrons. The molecule has 0 aliphatic heterocycles. The molecule has 20 heavy (non-hydrogen) atoms. The number of benzene rings is 1. The third kappa shape index (κ3) is 1.83. The maximum Gasteiger partial charge on any atom is 0.256 e. The average Bonchev–Trinajstić information content (AvgIpc) is 2.77. The van der Waals surface area contributed by atoms with Gasteiger partial charge in [-0.3, -0.25) is 14.2 Å². The first-order valence-electron chi connectivity index (χ1n) is 6.10. The molecule has 0 atom stereocenters. The highest BCUT2D eigenvalue weighted by molar-refractivity contribution is 7.21. The lowest BCUT2D eigenvalue weighted by atomic mass is 10.2. The molecule has 2 N–H and O–H groups in total. The van der Waals surface area contributed by atoms with Crippen LogP contribution in [0.15, 0.2) is 47.3 Å². The van der Waals surface area contributed by atoms with Gasteiger partial charge in [0.2, 0.25) is 0 Å². The fraction of sp³-hybridized carbons (Fsp3) is 0.0667. The highest BCUT2D eigenvalue weighted by Crippen LogP contribution is 2.33. The number of pyridine rings is 1. The van der Waals surface area contributed by atoms with Gasteiger partial charge in [-0.05, 0) is 18.2 Å². The summed E-state index contributed by atoms with van der Waals surface area (Å²) < 4.78 is 1.59. The van der Waals surface area contributed by atoms with Gasteiger partial charge in [0, 0.05) is 18.4 Å². The second kappa shape index (κ2) is 4.61. The van der Waals surface area contributed by atoms with E-state index in [1.807, 2.05) is 30.3 Å². The van der Waals surface area contributed by atoms with Gasteiger partial charge in [-0.25, -0.2) is 0 Å². The maximum atomic E-state index is 12.2. The van der Waals surface area contributed by atoms with E-state index in [1.54, 1.807) is 10.6 Å². The van der Waals surface area contributed by atoms with E-state index in [2.05, 4.69) is 0 Å². The van der Waals surface area contributed by atoms with Crippen molar-refractivity contribution in [1.29, 1.82) is 0 Å². The first-order valence-corrected chi connectivity index (χ1v) is 6.91. The minimum Gasteiger partial charge on any atom is -0.397 e. The number of ketones is 1. The molecule has 4 nitrogen and oxygen atoms in total. The van der Waals surface area contributed by atoms with Crippen molar-refractivity contribution in [2.24, 2.45) is 0 Å². The lowest BCUT2D eigenvalue weighted by Crippen LogP contribution is -2.16. The Morgan fingerprint density at radius 1 is 1.15 bits per heavy atom. The van der Waals surface area contributed by atoms with Crippen LogP contribution in [0.2, 0.25) is 0 Å². The Morgan fingerprint density at radius 2 is 1.85 bits per heavy atom. The second-order valence-corrected chi connectivity index (χ2v) is 5.46. The number of hydrogen-bond donors (Lipinski definition) is 1. The summed E-state index contributed by atoms with van der Waals surface area (Å²) in [6.45, 7) is 1.48. The normalized spacial score (nSPS) is 10.8. The number of fused-ring (bicyclic) bond motifs is 1. The number of nitrogen functional groups attached to an aromatic ring is 1. The van der Waals surface area contributed by atoms with Gasteiger partial charge in [0.1, 0.15) is 4.83 Å². The Balaban J connectivity index is 2.43. The van der Waals surface area contributed by atoms with Gasteiger partial charge >= 0.3 is 0 Å². The smallest absolute Gasteiger partial charge is 0.256 e. The Labute approximate surface area is 119 Å². The highest BCUT2D eigenvalue weighted by atomic mass is 32.1. The van der Waals surface area contributed by atoms with Crippen molar-refractivity contribution in [3.8, 4) is 5.69 Å². The fourth-order valence-corrected chi connectivity index (χ4v) is 3.32. The number of carbonyl (C=O) groups excluding carboxylic acids is 1. The highest BCUT2D eigenvalue weighted by Gasteiger charge is 2.16. The standard InChI is InChI=1S/C15H12N2O2S/c1-9(18)14-13(16)11-7-8-12(19)17(15(11)20-14)10-5-3-2-4-6-10/h2-8H,16H2,1H3. The SMILES string of the molecule is CC(=O)c1sc2c(ccc(=O)n2-c2ccccc2)c1N. The van der Waals surface area contributed by atoms with Gasteiger partial charge in [0.15, 0.2) is 5.78 Å². The molecule has 3 aromatic rings. The number of rotatable bonds is 2. The van der Waals surface area contributed by atoms with E-state index in [0.29, 0.717) is 15.4 Å². The predicted octanol–water partition coefficient (Wildman–Crippen LogP) is 2.84. The molecule has 3 rings (SSSR count). The Hall–Kier alpha value is -2.40. The molecule has 1 aromatic carbocycles. The first-order chi connectivity index (χ1) is 9.59. The zero-order valence-corrected chi connectivity index (χ0v) is 11.6. The number of Topliss-reactive ketones (excluding diaryl/α,β-unsaturated/α-hetero) is 1. The van der Waals surface area contributed by atoms with E-state index in [9.17, 15) is 9.59 Å². The lowest BCUT2D eigenvalue weighted by molar-refractivity contribution is 0.102. The van der Waals surface area contributed by atoms with Crippen LogP contribution in [0.1, 0.15) is 16.6 Å². The lowest BCUT2D eigenvalue weighted by Gasteiger charge is -2.06. The molecular formula is C15H12N2O2S. The molecule has 2 aromatic heterocycles. The fourth-order valence-electron chi connectivity index (χ4n) is 2.18. The molecule has 0 spiro atoms. The first kappa shape index (κ1) is 12.6. The molecule has 0 radical (unpaired) electrons. The number of thiophene rings is 1. The molecule has 0 fully saturated rings. The summed E-state index contributed by atoms with van der Waals surface area (Å²) in [5.74, 6) is -0.0873. The van der Waals surface area contributed by atoms with E-state index in [-0.39, 0.29) is 11.3 Å². The number of aromatic nitrogens is 1. The molecule has 5 heteroatoms. The van der Waals surface area contributed by atoms with E-state index >= 15 is 0 Å². The van der Waals surface area contributed by atoms with E-state index in [0.717, 1.165) is 11.1 Å². The molecule has 0 saturated carbocycles. The van der Waals surface area contributed by atoms with Crippen LogP contribution in [-0.4, -0.2) is 10.4 Å². The van der Waals surface area contributed by atoms with Crippen molar-refractivity contribution in [1.82, 2.24) is 4.57 Å². The molecule has 0 bridgehead atoms. The number of nitrogens with zero attached hydrogens (tertiary/aromatic N) is 1. The van der Waals surface area contributed by atoms with Gasteiger partial charge in [0.05, 0.1) is 16.3 Å².